The molecule has 178 valence electrons. The second-order valence-electron chi connectivity index (χ2n) is 9.56. The predicted molar refractivity (Wildman–Crippen MR) is 133 cm³/mol. The Labute approximate surface area is 205 Å². The number of hydrogen-bond acceptors (Lipinski definition) is 5. The van der Waals surface area contributed by atoms with Gasteiger partial charge in [0.25, 0.3) is 5.91 Å². The minimum atomic E-state index is -0.401. The number of rotatable bonds is 6. The molecule has 2 aromatic rings. The van der Waals surface area contributed by atoms with E-state index < -0.39 is 6.04 Å². The van der Waals surface area contributed by atoms with Crippen LogP contribution in [0.4, 0.5) is 0 Å². The van der Waals surface area contributed by atoms with Crippen LogP contribution in [0.1, 0.15) is 43.4 Å². The molecule has 0 aromatic heterocycles. The van der Waals surface area contributed by atoms with Gasteiger partial charge in [-0.1, -0.05) is 31.2 Å². The number of carbonyl (C=O) groups is 2. The van der Waals surface area contributed by atoms with Gasteiger partial charge in [0.15, 0.2) is 11.5 Å². The highest BCUT2D eigenvalue weighted by Crippen LogP contribution is 2.47. The van der Waals surface area contributed by atoms with Gasteiger partial charge in [0, 0.05) is 11.4 Å². The maximum absolute atomic E-state index is 13.8. The maximum Gasteiger partial charge on any atom is 0.290 e. The van der Waals surface area contributed by atoms with Gasteiger partial charge in [0.2, 0.25) is 0 Å². The lowest BCUT2D eigenvalue weighted by Gasteiger charge is -2.37. The van der Waals surface area contributed by atoms with Gasteiger partial charge in [-0.3, -0.25) is 9.59 Å². The molecule has 1 amide bonds. The summed E-state index contributed by atoms with van der Waals surface area (Å²) in [4.78, 5) is 30.4. The highest BCUT2D eigenvalue weighted by Gasteiger charge is 2.52. The fourth-order valence-corrected chi connectivity index (χ4v) is 5.94. The van der Waals surface area contributed by atoms with Gasteiger partial charge >= 0.3 is 0 Å². The number of ketones is 1. The van der Waals surface area contributed by atoms with Gasteiger partial charge in [-0.05, 0) is 73.2 Å². The number of amides is 1. The molecule has 3 aliphatic rings. The van der Waals surface area contributed by atoms with E-state index >= 15 is 0 Å². The summed E-state index contributed by atoms with van der Waals surface area (Å²) < 4.78 is 11.6. The zero-order valence-electron chi connectivity index (χ0n) is 20.0. The molecule has 0 spiro atoms. The summed E-state index contributed by atoms with van der Waals surface area (Å²) in [5, 5.41) is 0. The number of carbonyl (C=O) groups excluding carboxylic acids is 2. The lowest BCUT2D eigenvalue weighted by atomic mass is 9.74. The molecule has 6 heteroatoms. The Hall–Kier alpha value is -2.73. The van der Waals surface area contributed by atoms with Gasteiger partial charge in [0.05, 0.1) is 24.6 Å². The lowest BCUT2D eigenvalue weighted by molar-refractivity contribution is -0.136. The molecule has 4 unspecified atom stereocenters. The first-order chi connectivity index (χ1) is 16.5. The molecule has 2 heterocycles. The van der Waals surface area contributed by atoms with Crippen molar-refractivity contribution in [3.63, 3.8) is 0 Å². The second-order valence-corrected chi connectivity index (χ2v) is 10.4. The zero-order valence-corrected chi connectivity index (χ0v) is 20.8. The van der Waals surface area contributed by atoms with Crippen molar-refractivity contribution in [3.05, 3.63) is 71.0 Å². The summed E-state index contributed by atoms with van der Waals surface area (Å²) in [6.45, 7) is 2.71. The van der Waals surface area contributed by atoms with Crippen LogP contribution in [0.3, 0.4) is 0 Å². The Balaban J connectivity index is 1.48. The molecule has 5 rings (SSSR count). The smallest absolute Gasteiger partial charge is 0.290 e. The van der Waals surface area contributed by atoms with Gasteiger partial charge in [-0.15, -0.1) is 11.8 Å². The number of fused-ring (bicyclic) bond motifs is 1. The third-order valence-corrected chi connectivity index (χ3v) is 8.18. The summed E-state index contributed by atoms with van der Waals surface area (Å²) in [5.41, 5.74) is 2.64. The molecule has 4 atom stereocenters. The fourth-order valence-electron chi connectivity index (χ4n) is 5.53. The van der Waals surface area contributed by atoms with Crippen LogP contribution >= 0.6 is 11.8 Å². The number of thioether (sulfide) groups is 1. The molecule has 0 saturated heterocycles. The van der Waals surface area contributed by atoms with Crippen molar-refractivity contribution in [1.82, 2.24) is 4.90 Å². The van der Waals surface area contributed by atoms with Crippen LogP contribution in [-0.2, 0) is 20.7 Å². The van der Waals surface area contributed by atoms with E-state index in [2.05, 4.69) is 19.1 Å². The number of benzene rings is 2. The van der Waals surface area contributed by atoms with Crippen molar-refractivity contribution in [2.24, 2.45) is 11.8 Å². The van der Waals surface area contributed by atoms with Gasteiger partial charge in [0.1, 0.15) is 11.9 Å². The van der Waals surface area contributed by atoms with Crippen LogP contribution in [0.15, 0.2) is 64.8 Å². The Kier molecular flexibility index (Phi) is 6.43. The number of nitrogens with zero attached hydrogens (tertiary/aromatic N) is 1. The number of ether oxygens (including phenoxy) is 2. The predicted octanol–water partition coefficient (Wildman–Crippen LogP) is 5.20. The molecular formula is C28H31NO4S. The summed E-state index contributed by atoms with van der Waals surface area (Å²) >= 11 is 1.68. The van der Waals surface area contributed by atoms with Crippen LogP contribution < -0.4 is 4.74 Å². The number of hydrogen-bond donors (Lipinski definition) is 0. The van der Waals surface area contributed by atoms with Gasteiger partial charge < -0.3 is 14.4 Å². The minimum Gasteiger partial charge on any atom is -0.497 e. The third-order valence-electron chi connectivity index (χ3n) is 7.44. The van der Waals surface area contributed by atoms with Crippen LogP contribution in [0, 0.1) is 11.8 Å². The van der Waals surface area contributed by atoms with E-state index in [9.17, 15) is 9.59 Å². The van der Waals surface area contributed by atoms with Gasteiger partial charge in [-0.25, -0.2) is 0 Å². The van der Waals surface area contributed by atoms with E-state index in [-0.39, 0.29) is 29.5 Å². The maximum atomic E-state index is 13.8. The summed E-state index contributed by atoms with van der Waals surface area (Å²) in [7, 11) is 1.65. The monoisotopic (exact) mass is 477 g/mol. The molecule has 2 aliphatic heterocycles. The first kappa shape index (κ1) is 23.0. The van der Waals surface area contributed by atoms with E-state index in [1.54, 1.807) is 18.9 Å². The van der Waals surface area contributed by atoms with Crippen LogP contribution in [0.25, 0.3) is 0 Å². The Morgan fingerprint density at radius 3 is 2.47 bits per heavy atom. The number of methoxy groups -OCH3 is 1. The molecule has 0 bridgehead atoms. The zero-order chi connectivity index (χ0) is 23.8. The first-order valence-corrected chi connectivity index (χ1v) is 13.3. The third kappa shape index (κ3) is 4.13. The SMILES string of the molecule is COc1ccc(CCN2C(=O)C3=C(C(=O)C4CC(C)CCC4O3)C2c2ccc(SC)cc2)cc1. The van der Waals surface area contributed by atoms with E-state index in [0.717, 1.165) is 41.0 Å². The summed E-state index contributed by atoms with van der Waals surface area (Å²) in [6.07, 6.45) is 5.25. The van der Waals surface area contributed by atoms with Crippen LogP contribution in [0.2, 0.25) is 0 Å². The second kappa shape index (κ2) is 9.49. The molecule has 5 nitrogen and oxygen atoms in total. The molecule has 34 heavy (non-hydrogen) atoms. The molecular weight excluding hydrogens is 446 g/mol. The molecule has 1 fully saturated rings. The van der Waals surface area contributed by atoms with Crippen molar-refractivity contribution < 1.29 is 19.1 Å². The first-order valence-electron chi connectivity index (χ1n) is 12.0. The molecule has 0 radical (unpaired) electrons. The van der Waals surface area contributed by atoms with Crippen molar-refractivity contribution >= 4 is 23.5 Å². The average molecular weight is 478 g/mol. The highest BCUT2D eigenvalue weighted by atomic mass is 32.2. The number of Topliss-reactive ketones (excluding diaryl/α,β-unsaturated/α-hetero) is 1. The normalized spacial score (nSPS) is 26.3. The van der Waals surface area contributed by atoms with Crippen LogP contribution in [-0.4, -0.2) is 42.6 Å². The highest BCUT2D eigenvalue weighted by molar-refractivity contribution is 7.98. The van der Waals surface area contributed by atoms with E-state index in [4.69, 9.17) is 9.47 Å². The Morgan fingerprint density at radius 2 is 1.79 bits per heavy atom. The average Bonchev–Trinajstić information content (AvgIpc) is 3.15. The molecule has 1 saturated carbocycles. The summed E-state index contributed by atoms with van der Waals surface area (Å²) in [5.74, 6) is 1.39. The molecule has 2 aromatic carbocycles. The fraction of sp³-hybridized carbons (Fsp3) is 0.429. The van der Waals surface area contributed by atoms with E-state index in [0.29, 0.717) is 24.5 Å². The standard InChI is InChI=1S/C28H31NO4S/c1-17-4-13-23-22(16-17)26(30)24-25(19-7-11-21(34-3)12-8-19)29(28(31)27(24)33-23)15-14-18-5-9-20(32-2)10-6-18/h5-12,17,22-23,25H,4,13-16H2,1-3H3. The van der Waals surface area contributed by atoms with Crippen molar-refractivity contribution in [2.45, 2.75) is 49.6 Å². The summed E-state index contributed by atoms with van der Waals surface area (Å²) in [6, 6.07) is 15.7. The molecule has 1 aliphatic carbocycles. The van der Waals surface area contributed by atoms with Gasteiger partial charge in [-0.2, -0.15) is 0 Å². The van der Waals surface area contributed by atoms with Crippen molar-refractivity contribution in [2.75, 3.05) is 19.9 Å². The topological polar surface area (TPSA) is 55.8 Å². The van der Waals surface area contributed by atoms with Crippen molar-refractivity contribution in [1.29, 1.82) is 0 Å². The Bertz CT molecular complexity index is 1110. The molecule has 0 N–H and O–H groups in total. The van der Waals surface area contributed by atoms with Crippen LogP contribution in [0.5, 0.6) is 5.75 Å². The van der Waals surface area contributed by atoms with Crippen molar-refractivity contribution in [3.8, 4) is 5.75 Å². The van der Waals surface area contributed by atoms with E-state index in [1.807, 2.05) is 47.6 Å². The minimum absolute atomic E-state index is 0.108. The quantitative estimate of drug-likeness (QED) is 0.535. The van der Waals surface area contributed by atoms with E-state index in [1.165, 1.54) is 0 Å². The lowest BCUT2D eigenvalue weighted by Crippen LogP contribution is -2.41. The largest absolute Gasteiger partial charge is 0.497 e. The Morgan fingerprint density at radius 1 is 1.06 bits per heavy atom.